The first-order valence-electron chi connectivity index (χ1n) is 10.6. The fraction of sp³-hybridized carbons (Fsp3) is 0.125. The van der Waals surface area contributed by atoms with Crippen LogP contribution >= 0.6 is 11.3 Å². The van der Waals surface area contributed by atoms with Crippen molar-refractivity contribution in [3.05, 3.63) is 60.5 Å². The second kappa shape index (κ2) is 7.79. The summed E-state index contributed by atoms with van der Waals surface area (Å²) in [6, 6.07) is 10.4. The Balaban J connectivity index is 1.45. The second-order valence-electron chi connectivity index (χ2n) is 8.07. The molecule has 33 heavy (non-hydrogen) atoms. The van der Waals surface area contributed by atoms with E-state index in [9.17, 15) is 0 Å². The van der Waals surface area contributed by atoms with Crippen molar-refractivity contribution in [3.8, 4) is 33.3 Å². The molecule has 0 saturated heterocycles. The van der Waals surface area contributed by atoms with Gasteiger partial charge in [0.05, 0.1) is 33.5 Å². The molecule has 8 nitrogen and oxygen atoms in total. The minimum atomic E-state index is 0.319. The number of aromatic amines is 2. The van der Waals surface area contributed by atoms with Crippen LogP contribution in [0.2, 0.25) is 0 Å². The fourth-order valence-electron chi connectivity index (χ4n) is 3.89. The maximum Gasteiger partial charge on any atom is 0.159 e. The van der Waals surface area contributed by atoms with Crippen LogP contribution in [0, 0.1) is 0 Å². The number of H-pyrrole nitrogens is 2. The van der Waals surface area contributed by atoms with Gasteiger partial charge >= 0.3 is 0 Å². The Morgan fingerprint density at radius 3 is 2.79 bits per heavy atom. The van der Waals surface area contributed by atoms with Gasteiger partial charge in [0.25, 0.3) is 0 Å². The second-order valence-corrected chi connectivity index (χ2v) is 9.01. The first kappa shape index (κ1) is 19.6. The number of pyridine rings is 3. The summed E-state index contributed by atoms with van der Waals surface area (Å²) in [6.07, 6.45) is 7.23. The van der Waals surface area contributed by atoms with Gasteiger partial charge in [-0.05, 0) is 43.5 Å². The molecule has 0 bridgehead atoms. The number of fused-ring (bicyclic) bond motifs is 2. The maximum atomic E-state index is 4.87. The third-order valence-corrected chi connectivity index (χ3v) is 6.19. The summed E-state index contributed by atoms with van der Waals surface area (Å²) < 4.78 is 0. The minimum Gasteiger partial charge on any atom is -0.382 e. The summed E-state index contributed by atoms with van der Waals surface area (Å²) in [5, 5.41) is 14.0. The van der Waals surface area contributed by atoms with Crippen molar-refractivity contribution >= 4 is 39.0 Å². The molecule has 6 rings (SSSR count). The number of thiophene rings is 1. The van der Waals surface area contributed by atoms with E-state index in [0.717, 1.165) is 55.1 Å². The average molecular weight is 453 g/mol. The molecule has 162 valence electrons. The van der Waals surface area contributed by atoms with Crippen LogP contribution in [-0.2, 0) is 0 Å². The van der Waals surface area contributed by atoms with Crippen LogP contribution in [-0.4, -0.2) is 41.2 Å². The van der Waals surface area contributed by atoms with Crippen LogP contribution < -0.4 is 5.32 Å². The quantitative estimate of drug-likeness (QED) is 0.318. The average Bonchev–Trinajstić information content (AvgIpc) is 3.57. The van der Waals surface area contributed by atoms with Gasteiger partial charge in [-0.2, -0.15) is 5.10 Å². The highest BCUT2D eigenvalue weighted by Gasteiger charge is 2.17. The van der Waals surface area contributed by atoms with E-state index in [1.54, 1.807) is 23.7 Å². The molecular weight excluding hydrogens is 432 g/mol. The van der Waals surface area contributed by atoms with Gasteiger partial charge in [-0.3, -0.25) is 20.1 Å². The van der Waals surface area contributed by atoms with Crippen molar-refractivity contribution in [1.29, 1.82) is 0 Å². The van der Waals surface area contributed by atoms with E-state index < -0.39 is 0 Å². The normalized spacial score (nSPS) is 11.6. The molecule has 0 amide bonds. The summed E-state index contributed by atoms with van der Waals surface area (Å²) in [5.74, 6) is 0.688. The van der Waals surface area contributed by atoms with E-state index in [0.29, 0.717) is 11.9 Å². The zero-order valence-electron chi connectivity index (χ0n) is 18.0. The molecule has 0 aliphatic rings. The standard InChI is InChI=1S/C24H20N8S/c1-13(2)28-15-8-14(10-25-11-15)18-9-16-19(12-27-18)31-32-21(16)24-29-17-5-6-26-23(22(17)30-24)20-4-3-7-33-20/h3-13,28H,1-2H3,(H,29,30)(H,31,32). The highest BCUT2D eigenvalue weighted by atomic mass is 32.1. The summed E-state index contributed by atoms with van der Waals surface area (Å²) in [6.45, 7) is 4.20. The SMILES string of the molecule is CC(C)Nc1cncc(-c2cc3c(-c4nc5c(-c6cccs6)nccc5[nH]4)n[nH]c3cn2)c1. The number of hydrogen-bond acceptors (Lipinski definition) is 7. The van der Waals surface area contributed by atoms with Gasteiger partial charge in [0.2, 0.25) is 0 Å². The number of nitrogens with zero attached hydrogens (tertiary/aromatic N) is 5. The lowest BCUT2D eigenvalue weighted by atomic mass is 10.1. The van der Waals surface area contributed by atoms with Crippen molar-refractivity contribution in [1.82, 2.24) is 35.1 Å². The summed E-state index contributed by atoms with van der Waals surface area (Å²) in [5.41, 5.74) is 6.92. The van der Waals surface area contributed by atoms with Crippen LogP contribution in [0.1, 0.15) is 13.8 Å². The fourth-order valence-corrected chi connectivity index (χ4v) is 4.61. The van der Waals surface area contributed by atoms with E-state index in [1.165, 1.54) is 0 Å². The number of rotatable bonds is 5. The first-order valence-corrected chi connectivity index (χ1v) is 11.5. The van der Waals surface area contributed by atoms with Gasteiger partial charge in [0, 0.05) is 35.6 Å². The Labute approximate surface area is 193 Å². The lowest BCUT2D eigenvalue weighted by Crippen LogP contribution is -2.09. The third kappa shape index (κ3) is 3.52. The monoisotopic (exact) mass is 452 g/mol. The molecule has 3 N–H and O–H groups in total. The minimum absolute atomic E-state index is 0.319. The van der Waals surface area contributed by atoms with Crippen molar-refractivity contribution in [2.45, 2.75) is 19.9 Å². The zero-order chi connectivity index (χ0) is 22.4. The smallest absolute Gasteiger partial charge is 0.159 e. The summed E-state index contributed by atoms with van der Waals surface area (Å²) in [7, 11) is 0. The molecule has 0 saturated carbocycles. The predicted octanol–water partition coefficient (Wildman–Crippen LogP) is 5.51. The molecule has 0 aromatic carbocycles. The number of hydrogen-bond donors (Lipinski definition) is 3. The van der Waals surface area contributed by atoms with Crippen LogP contribution in [0.5, 0.6) is 0 Å². The van der Waals surface area contributed by atoms with E-state index in [-0.39, 0.29) is 0 Å². The Hall–Kier alpha value is -4.11. The van der Waals surface area contributed by atoms with Gasteiger partial charge in [0.1, 0.15) is 16.9 Å². The van der Waals surface area contributed by atoms with Gasteiger partial charge in [0.15, 0.2) is 5.82 Å². The molecule has 6 aromatic heterocycles. The van der Waals surface area contributed by atoms with Gasteiger partial charge in [-0.15, -0.1) is 11.3 Å². The van der Waals surface area contributed by atoms with Crippen molar-refractivity contribution in [3.63, 3.8) is 0 Å². The number of imidazole rings is 1. The Morgan fingerprint density at radius 2 is 1.94 bits per heavy atom. The molecule has 9 heteroatoms. The number of anilines is 1. The maximum absolute atomic E-state index is 4.87. The van der Waals surface area contributed by atoms with Crippen molar-refractivity contribution in [2.75, 3.05) is 5.32 Å². The molecule has 6 heterocycles. The molecule has 0 atom stereocenters. The topological polar surface area (TPSA) is 108 Å². The van der Waals surface area contributed by atoms with Crippen molar-refractivity contribution in [2.24, 2.45) is 0 Å². The number of aromatic nitrogens is 7. The van der Waals surface area contributed by atoms with Crippen LogP contribution in [0.25, 0.3) is 55.3 Å². The molecule has 0 aliphatic heterocycles. The highest BCUT2D eigenvalue weighted by Crippen LogP contribution is 2.33. The van der Waals surface area contributed by atoms with Crippen LogP contribution in [0.3, 0.4) is 0 Å². The van der Waals surface area contributed by atoms with Crippen LogP contribution in [0.4, 0.5) is 5.69 Å². The lowest BCUT2D eigenvalue weighted by Gasteiger charge is -2.10. The molecule has 0 radical (unpaired) electrons. The van der Waals surface area contributed by atoms with Crippen molar-refractivity contribution < 1.29 is 0 Å². The van der Waals surface area contributed by atoms with E-state index in [1.807, 2.05) is 36.0 Å². The predicted molar refractivity (Wildman–Crippen MR) is 132 cm³/mol. The van der Waals surface area contributed by atoms with Gasteiger partial charge < -0.3 is 10.3 Å². The highest BCUT2D eigenvalue weighted by molar-refractivity contribution is 7.13. The van der Waals surface area contributed by atoms with Gasteiger partial charge in [-0.1, -0.05) is 6.07 Å². The molecule has 0 unspecified atom stereocenters. The summed E-state index contributed by atoms with van der Waals surface area (Å²) in [4.78, 5) is 22.9. The molecule has 0 aliphatic carbocycles. The largest absolute Gasteiger partial charge is 0.382 e. The molecule has 0 spiro atoms. The molecule has 0 fully saturated rings. The van der Waals surface area contributed by atoms with Gasteiger partial charge in [-0.25, -0.2) is 4.98 Å². The Morgan fingerprint density at radius 1 is 1.00 bits per heavy atom. The third-order valence-electron chi connectivity index (χ3n) is 5.32. The Bertz CT molecular complexity index is 1580. The van der Waals surface area contributed by atoms with Crippen LogP contribution in [0.15, 0.2) is 60.5 Å². The molecule has 6 aromatic rings. The summed E-state index contributed by atoms with van der Waals surface area (Å²) >= 11 is 1.65. The lowest BCUT2D eigenvalue weighted by molar-refractivity contribution is 0.898. The number of nitrogens with one attached hydrogen (secondary N) is 3. The van der Waals surface area contributed by atoms with E-state index >= 15 is 0 Å². The van der Waals surface area contributed by atoms with E-state index in [2.05, 4.69) is 61.4 Å². The van der Waals surface area contributed by atoms with E-state index in [4.69, 9.17) is 4.98 Å². The Kier molecular flexibility index (Phi) is 4.62. The zero-order valence-corrected chi connectivity index (χ0v) is 18.8. The molecular formula is C24H20N8S. The first-order chi connectivity index (χ1) is 16.2.